The van der Waals surface area contributed by atoms with E-state index in [-0.39, 0.29) is 0 Å². The number of carbonyl (C=O) groups is 1. The molecule has 1 aromatic carbocycles. The Bertz CT molecular complexity index is 424. The van der Waals surface area contributed by atoms with Crippen molar-refractivity contribution in [2.24, 2.45) is 0 Å². The molecule has 0 amide bonds. The van der Waals surface area contributed by atoms with E-state index in [0.717, 1.165) is 5.56 Å². The fraction of sp³-hybridized carbons (Fsp3) is 0.357. The van der Waals surface area contributed by atoms with Gasteiger partial charge in [0.1, 0.15) is 0 Å². The quantitative estimate of drug-likeness (QED) is 0.581. The van der Waals surface area contributed by atoms with E-state index in [0.29, 0.717) is 6.61 Å². The molecule has 0 aliphatic heterocycles. The second kappa shape index (κ2) is 5.95. The van der Waals surface area contributed by atoms with Crippen molar-refractivity contribution in [1.29, 1.82) is 0 Å². The molecule has 0 fully saturated rings. The molecule has 90 valence electrons. The molecule has 0 N–H and O–H groups in total. The Kier molecular flexibility index (Phi) is 4.59. The van der Waals surface area contributed by atoms with E-state index in [1.54, 1.807) is 20.8 Å². The fourth-order valence-corrected chi connectivity index (χ4v) is 1.13. The summed E-state index contributed by atoms with van der Waals surface area (Å²) in [5.74, 6) is 5.84. The van der Waals surface area contributed by atoms with Crippen LogP contribution in [0.5, 0.6) is 0 Å². The van der Waals surface area contributed by atoms with Crippen molar-refractivity contribution >= 4 is 6.16 Å². The Morgan fingerprint density at radius 1 is 1.29 bits per heavy atom. The van der Waals surface area contributed by atoms with Crippen LogP contribution in [0.4, 0.5) is 4.79 Å². The van der Waals surface area contributed by atoms with Gasteiger partial charge in [0, 0.05) is 5.56 Å². The van der Waals surface area contributed by atoms with E-state index in [4.69, 9.17) is 9.47 Å². The molecule has 3 nitrogen and oxygen atoms in total. The van der Waals surface area contributed by atoms with Gasteiger partial charge in [-0.1, -0.05) is 30.0 Å². The lowest BCUT2D eigenvalue weighted by Gasteiger charge is -2.17. The van der Waals surface area contributed by atoms with Crippen LogP contribution < -0.4 is 0 Å². The molecule has 17 heavy (non-hydrogen) atoms. The predicted molar refractivity (Wildman–Crippen MR) is 65.5 cm³/mol. The van der Waals surface area contributed by atoms with Gasteiger partial charge in [0.05, 0.1) is 6.61 Å². The lowest BCUT2D eigenvalue weighted by Crippen LogP contribution is -2.26. The van der Waals surface area contributed by atoms with Gasteiger partial charge in [-0.2, -0.15) is 0 Å². The smallest absolute Gasteiger partial charge is 0.435 e. The highest BCUT2D eigenvalue weighted by molar-refractivity contribution is 5.61. The maximum Gasteiger partial charge on any atom is 0.509 e. The lowest BCUT2D eigenvalue weighted by atomic mass is 10.1. The van der Waals surface area contributed by atoms with Crippen molar-refractivity contribution in [3.8, 4) is 11.8 Å². The standard InChI is InChI=1S/C14H16O3/c1-4-16-13(15)17-14(2,3)11-10-12-8-6-5-7-9-12/h5-9H,4H2,1-3H3. The first-order valence-electron chi connectivity index (χ1n) is 5.47. The molecule has 0 atom stereocenters. The van der Waals surface area contributed by atoms with Crippen LogP contribution in [0.1, 0.15) is 26.3 Å². The third-order valence-corrected chi connectivity index (χ3v) is 1.88. The number of ether oxygens (including phenoxy) is 2. The van der Waals surface area contributed by atoms with Gasteiger partial charge in [-0.15, -0.1) is 0 Å². The summed E-state index contributed by atoms with van der Waals surface area (Å²) in [6.45, 7) is 5.46. The predicted octanol–water partition coefficient (Wildman–Crippen LogP) is 2.99. The Morgan fingerprint density at radius 3 is 2.53 bits per heavy atom. The minimum absolute atomic E-state index is 0.293. The van der Waals surface area contributed by atoms with Crippen molar-refractivity contribution in [2.75, 3.05) is 6.61 Å². The van der Waals surface area contributed by atoms with Crippen LogP contribution in [0.15, 0.2) is 30.3 Å². The summed E-state index contributed by atoms with van der Waals surface area (Å²) in [7, 11) is 0. The summed E-state index contributed by atoms with van der Waals surface area (Å²) in [5, 5.41) is 0. The normalized spacial score (nSPS) is 10.1. The zero-order valence-electron chi connectivity index (χ0n) is 10.3. The third kappa shape index (κ3) is 5.07. The number of carbonyl (C=O) groups excluding carboxylic acids is 1. The van der Waals surface area contributed by atoms with Gasteiger partial charge in [0.2, 0.25) is 0 Å². The fourth-order valence-electron chi connectivity index (χ4n) is 1.13. The molecule has 0 aliphatic rings. The van der Waals surface area contributed by atoms with Crippen LogP contribution in [0, 0.1) is 11.8 Å². The Morgan fingerprint density at radius 2 is 1.94 bits per heavy atom. The summed E-state index contributed by atoms with van der Waals surface area (Å²) in [5.41, 5.74) is 0.0234. The van der Waals surface area contributed by atoms with E-state index in [1.165, 1.54) is 0 Å². The zero-order valence-corrected chi connectivity index (χ0v) is 10.3. The summed E-state index contributed by atoms with van der Waals surface area (Å²) in [6, 6.07) is 9.53. The number of rotatable bonds is 2. The highest BCUT2D eigenvalue weighted by Gasteiger charge is 2.20. The summed E-state index contributed by atoms with van der Waals surface area (Å²) < 4.78 is 9.77. The minimum atomic E-state index is -0.859. The van der Waals surface area contributed by atoms with Crippen LogP contribution >= 0.6 is 0 Å². The number of hydrogen-bond acceptors (Lipinski definition) is 3. The van der Waals surface area contributed by atoms with Gasteiger partial charge in [-0.05, 0) is 32.9 Å². The molecule has 1 aromatic rings. The average Bonchev–Trinajstić information content (AvgIpc) is 2.27. The second-order valence-electron chi connectivity index (χ2n) is 3.91. The summed E-state index contributed by atoms with van der Waals surface area (Å²) >= 11 is 0. The van der Waals surface area contributed by atoms with Crippen LogP contribution in [-0.4, -0.2) is 18.4 Å². The molecule has 1 rings (SSSR count). The Labute approximate surface area is 102 Å². The first-order chi connectivity index (χ1) is 8.03. The lowest BCUT2D eigenvalue weighted by molar-refractivity contribution is 0.0125. The number of hydrogen-bond donors (Lipinski definition) is 0. The first-order valence-corrected chi connectivity index (χ1v) is 5.47. The minimum Gasteiger partial charge on any atom is -0.435 e. The molecule has 0 bridgehead atoms. The van der Waals surface area contributed by atoms with E-state index in [1.807, 2.05) is 30.3 Å². The van der Waals surface area contributed by atoms with Gasteiger partial charge in [-0.25, -0.2) is 4.79 Å². The van der Waals surface area contributed by atoms with E-state index in [9.17, 15) is 4.79 Å². The molecule has 0 saturated heterocycles. The zero-order chi connectivity index (χ0) is 12.7. The van der Waals surface area contributed by atoms with Crippen molar-refractivity contribution in [1.82, 2.24) is 0 Å². The molecule has 0 spiro atoms. The monoisotopic (exact) mass is 232 g/mol. The van der Waals surface area contributed by atoms with Gasteiger partial charge >= 0.3 is 6.16 Å². The van der Waals surface area contributed by atoms with Gasteiger partial charge in [-0.3, -0.25) is 0 Å². The van der Waals surface area contributed by atoms with Crippen LogP contribution in [0.3, 0.4) is 0 Å². The maximum absolute atomic E-state index is 11.2. The molecule has 0 unspecified atom stereocenters. The maximum atomic E-state index is 11.2. The van der Waals surface area contributed by atoms with Crippen LogP contribution in [0.2, 0.25) is 0 Å². The van der Waals surface area contributed by atoms with Crippen molar-refractivity contribution in [3.05, 3.63) is 35.9 Å². The summed E-state index contributed by atoms with van der Waals surface area (Å²) in [4.78, 5) is 11.2. The topological polar surface area (TPSA) is 35.5 Å². The van der Waals surface area contributed by atoms with Gasteiger partial charge in [0.15, 0.2) is 5.60 Å². The Balaban J connectivity index is 2.66. The van der Waals surface area contributed by atoms with Gasteiger partial charge in [0.25, 0.3) is 0 Å². The second-order valence-corrected chi connectivity index (χ2v) is 3.91. The van der Waals surface area contributed by atoms with Crippen LogP contribution in [-0.2, 0) is 9.47 Å². The largest absolute Gasteiger partial charge is 0.509 e. The van der Waals surface area contributed by atoms with E-state index < -0.39 is 11.8 Å². The van der Waals surface area contributed by atoms with E-state index in [2.05, 4.69) is 11.8 Å². The van der Waals surface area contributed by atoms with Gasteiger partial charge < -0.3 is 9.47 Å². The molecule has 0 aliphatic carbocycles. The molecule has 3 heteroatoms. The molecule has 0 saturated carbocycles. The molecule has 0 heterocycles. The SMILES string of the molecule is CCOC(=O)OC(C)(C)C#Cc1ccccc1. The molecular formula is C14H16O3. The number of benzene rings is 1. The Hall–Kier alpha value is -1.95. The van der Waals surface area contributed by atoms with E-state index >= 15 is 0 Å². The summed E-state index contributed by atoms with van der Waals surface area (Å²) in [6.07, 6.45) is -0.695. The van der Waals surface area contributed by atoms with Crippen LogP contribution in [0.25, 0.3) is 0 Å². The third-order valence-electron chi connectivity index (χ3n) is 1.88. The molecular weight excluding hydrogens is 216 g/mol. The molecule has 0 aromatic heterocycles. The average molecular weight is 232 g/mol. The molecule has 0 radical (unpaired) electrons. The van der Waals surface area contributed by atoms with Crippen molar-refractivity contribution in [3.63, 3.8) is 0 Å². The highest BCUT2D eigenvalue weighted by Crippen LogP contribution is 2.09. The van der Waals surface area contributed by atoms with Crippen molar-refractivity contribution in [2.45, 2.75) is 26.4 Å². The van der Waals surface area contributed by atoms with Crippen molar-refractivity contribution < 1.29 is 14.3 Å². The first kappa shape index (κ1) is 13.1. The highest BCUT2D eigenvalue weighted by atomic mass is 16.7.